The predicted octanol–water partition coefficient (Wildman–Crippen LogP) is 2.89. The van der Waals surface area contributed by atoms with Gasteiger partial charge in [0.05, 0.1) is 5.75 Å². The Bertz CT molecular complexity index is 388. The normalized spacial score (nSPS) is 33.1. The van der Waals surface area contributed by atoms with Gasteiger partial charge in [-0.05, 0) is 30.6 Å². The van der Waals surface area contributed by atoms with Crippen molar-refractivity contribution in [3.63, 3.8) is 0 Å². The number of rotatable bonds is 4. The van der Waals surface area contributed by atoms with Gasteiger partial charge in [0.25, 0.3) is 0 Å². The van der Waals surface area contributed by atoms with Gasteiger partial charge < -0.3 is 0 Å². The molecule has 1 N–H and O–H groups in total. The molecule has 2 aliphatic carbocycles. The van der Waals surface area contributed by atoms with Gasteiger partial charge in [-0.2, -0.15) is 0 Å². The number of alkyl halides is 1. The Hall–Kier alpha value is 0.200. The number of hydrogen-bond acceptors (Lipinski definition) is 2. The molecule has 2 fully saturated rings. The summed E-state index contributed by atoms with van der Waals surface area (Å²) < 4.78 is 27.1. The monoisotopic (exact) mass is 293 g/mol. The quantitative estimate of drug-likeness (QED) is 0.810. The minimum atomic E-state index is -3.14. The van der Waals surface area contributed by atoms with Crippen molar-refractivity contribution in [2.75, 3.05) is 5.75 Å². The van der Waals surface area contributed by atoms with Crippen molar-refractivity contribution in [1.29, 1.82) is 0 Å². The van der Waals surface area contributed by atoms with Gasteiger partial charge in [0.2, 0.25) is 10.0 Å². The third-order valence-corrected chi connectivity index (χ3v) is 6.94. The van der Waals surface area contributed by atoms with E-state index in [1.54, 1.807) is 0 Å². The highest BCUT2D eigenvalue weighted by molar-refractivity contribution is 7.89. The molecule has 0 saturated heterocycles. The van der Waals surface area contributed by atoms with Crippen LogP contribution in [0.1, 0.15) is 52.4 Å². The Labute approximate surface area is 116 Å². The van der Waals surface area contributed by atoms with E-state index in [1.807, 2.05) is 13.8 Å². The third-order valence-electron chi connectivity index (χ3n) is 4.65. The summed E-state index contributed by atoms with van der Waals surface area (Å²) in [6.45, 7) is 4.06. The summed E-state index contributed by atoms with van der Waals surface area (Å²) in [7, 11) is -3.14. The first-order chi connectivity index (χ1) is 8.31. The van der Waals surface area contributed by atoms with E-state index in [4.69, 9.17) is 11.6 Å². The molecule has 2 atom stereocenters. The van der Waals surface area contributed by atoms with Crippen LogP contribution in [0.2, 0.25) is 0 Å². The van der Waals surface area contributed by atoms with Crippen LogP contribution in [0.15, 0.2) is 0 Å². The van der Waals surface area contributed by atoms with Crippen molar-refractivity contribution in [2.45, 2.75) is 63.8 Å². The van der Waals surface area contributed by atoms with Crippen LogP contribution >= 0.6 is 11.6 Å². The van der Waals surface area contributed by atoms with E-state index in [1.165, 1.54) is 19.3 Å². The zero-order valence-corrected chi connectivity index (χ0v) is 12.9. The van der Waals surface area contributed by atoms with Gasteiger partial charge in [-0.1, -0.05) is 33.1 Å². The smallest absolute Gasteiger partial charge is 0.212 e. The predicted molar refractivity (Wildman–Crippen MR) is 75.3 cm³/mol. The lowest BCUT2D eigenvalue weighted by Crippen LogP contribution is -2.59. The molecule has 3 nitrogen and oxygen atoms in total. The van der Waals surface area contributed by atoms with Crippen molar-refractivity contribution in [1.82, 2.24) is 4.72 Å². The second-order valence-electron chi connectivity index (χ2n) is 6.48. The van der Waals surface area contributed by atoms with Crippen LogP contribution in [0.25, 0.3) is 0 Å². The van der Waals surface area contributed by atoms with Crippen molar-refractivity contribution >= 4 is 21.6 Å². The van der Waals surface area contributed by atoms with Gasteiger partial charge in [0.15, 0.2) is 0 Å². The van der Waals surface area contributed by atoms with Gasteiger partial charge in [-0.3, -0.25) is 0 Å². The Morgan fingerprint density at radius 1 is 1.22 bits per heavy atom. The Morgan fingerprint density at radius 3 is 2.33 bits per heavy atom. The first-order valence-electron chi connectivity index (χ1n) is 6.95. The van der Waals surface area contributed by atoms with Crippen molar-refractivity contribution in [3.8, 4) is 0 Å². The number of sulfonamides is 1. The molecule has 0 radical (unpaired) electrons. The van der Waals surface area contributed by atoms with Crippen molar-refractivity contribution in [3.05, 3.63) is 0 Å². The zero-order valence-electron chi connectivity index (χ0n) is 11.3. The maximum atomic E-state index is 12.1. The molecule has 5 heteroatoms. The van der Waals surface area contributed by atoms with E-state index >= 15 is 0 Å². The van der Waals surface area contributed by atoms with E-state index in [0.29, 0.717) is 11.7 Å². The second-order valence-corrected chi connectivity index (χ2v) is 8.81. The lowest BCUT2D eigenvalue weighted by Gasteiger charge is -2.49. The van der Waals surface area contributed by atoms with Gasteiger partial charge in [0, 0.05) is 11.4 Å². The topological polar surface area (TPSA) is 46.2 Å². The summed E-state index contributed by atoms with van der Waals surface area (Å²) in [5, 5.41) is 0.0832. The highest BCUT2D eigenvalue weighted by atomic mass is 35.5. The standard InChI is InChI=1S/C13H24ClNO2S/c1-13(2)11(14)8-12(13)15-18(16,17)9-10-6-4-3-5-7-10/h10-12,15H,3-9H2,1-2H3. The van der Waals surface area contributed by atoms with Crippen LogP contribution in [-0.4, -0.2) is 25.6 Å². The summed E-state index contributed by atoms with van der Waals surface area (Å²) in [6.07, 6.45) is 6.49. The lowest BCUT2D eigenvalue weighted by atomic mass is 9.67. The molecule has 0 aromatic carbocycles. The van der Waals surface area contributed by atoms with Gasteiger partial charge >= 0.3 is 0 Å². The number of hydrogen-bond donors (Lipinski definition) is 1. The summed E-state index contributed by atoms with van der Waals surface area (Å²) in [5.74, 6) is 0.651. The summed E-state index contributed by atoms with van der Waals surface area (Å²) in [5.41, 5.74) is -0.124. The molecule has 0 heterocycles. The summed E-state index contributed by atoms with van der Waals surface area (Å²) >= 11 is 6.12. The average molecular weight is 294 g/mol. The molecule has 0 aliphatic heterocycles. The minimum absolute atomic E-state index is 0.00795. The summed E-state index contributed by atoms with van der Waals surface area (Å²) in [4.78, 5) is 0. The van der Waals surface area contributed by atoms with Gasteiger partial charge in [0.1, 0.15) is 0 Å². The molecule has 0 amide bonds. The van der Waals surface area contributed by atoms with Crippen LogP contribution in [0.4, 0.5) is 0 Å². The fourth-order valence-corrected chi connectivity index (χ4v) is 5.22. The molecular weight excluding hydrogens is 270 g/mol. The lowest BCUT2D eigenvalue weighted by molar-refractivity contribution is 0.137. The van der Waals surface area contributed by atoms with Crippen LogP contribution in [0.5, 0.6) is 0 Å². The van der Waals surface area contributed by atoms with Crippen LogP contribution in [-0.2, 0) is 10.0 Å². The largest absolute Gasteiger partial charge is 0.212 e. The maximum Gasteiger partial charge on any atom is 0.212 e. The van der Waals surface area contributed by atoms with Gasteiger partial charge in [-0.15, -0.1) is 11.6 Å². The Kier molecular flexibility index (Phi) is 4.30. The third kappa shape index (κ3) is 3.20. The SMILES string of the molecule is CC1(C)C(Cl)CC1NS(=O)(=O)CC1CCCCC1. The summed E-state index contributed by atoms with van der Waals surface area (Å²) in [6, 6.07) is 0.00795. The molecule has 2 aliphatic rings. The second kappa shape index (κ2) is 5.29. The molecule has 2 rings (SSSR count). The highest BCUT2D eigenvalue weighted by Crippen LogP contribution is 2.44. The first-order valence-corrected chi connectivity index (χ1v) is 9.04. The van der Waals surface area contributed by atoms with Crippen molar-refractivity contribution < 1.29 is 8.42 Å². The minimum Gasteiger partial charge on any atom is -0.212 e. The van der Waals surface area contributed by atoms with Crippen LogP contribution < -0.4 is 4.72 Å². The van der Waals surface area contributed by atoms with E-state index in [2.05, 4.69) is 4.72 Å². The first kappa shape index (κ1) is 14.6. The molecule has 106 valence electrons. The van der Waals surface area contributed by atoms with Crippen molar-refractivity contribution in [2.24, 2.45) is 11.3 Å². The fraction of sp³-hybridized carbons (Fsp3) is 1.00. The van der Waals surface area contributed by atoms with E-state index in [0.717, 1.165) is 19.3 Å². The van der Waals surface area contributed by atoms with Crippen LogP contribution in [0.3, 0.4) is 0 Å². The number of halogens is 1. The molecule has 0 bridgehead atoms. The van der Waals surface area contributed by atoms with E-state index in [-0.39, 0.29) is 16.8 Å². The average Bonchev–Trinajstić information content (AvgIpc) is 2.29. The Morgan fingerprint density at radius 2 is 1.83 bits per heavy atom. The van der Waals surface area contributed by atoms with Crippen LogP contribution in [0, 0.1) is 11.3 Å². The molecule has 0 aromatic rings. The number of nitrogens with one attached hydrogen (secondary N) is 1. The van der Waals surface area contributed by atoms with E-state index < -0.39 is 10.0 Å². The highest BCUT2D eigenvalue weighted by Gasteiger charge is 2.48. The molecule has 0 spiro atoms. The molecule has 18 heavy (non-hydrogen) atoms. The fourth-order valence-electron chi connectivity index (χ4n) is 3.00. The maximum absolute atomic E-state index is 12.1. The molecular formula is C13H24ClNO2S. The zero-order chi connectivity index (χ0) is 13.4. The molecule has 0 aromatic heterocycles. The van der Waals surface area contributed by atoms with Gasteiger partial charge in [-0.25, -0.2) is 13.1 Å². The molecule has 2 unspecified atom stereocenters. The van der Waals surface area contributed by atoms with E-state index in [9.17, 15) is 8.42 Å². The Balaban J connectivity index is 1.88. The molecule has 2 saturated carbocycles.